The summed E-state index contributed by atoms with van der Waals surface area (Å²) in [7, 11) is -0.912. The maximum atomic E-state index is 2.25. The third-order valence-electron chi connectivity index (χ3n) is 3.31. The zero-order valence-electron chi connectivity index (χ0n) is 10.7. The topological polar surface area (TPSA) is 11.6 Å². The standard InChI is InChI=1S/C15H16BN3/c1-4-10-17(11-5-1)16(18-12-6-2-7-13-18)19-14-8-3-9-15-19/h1-16H/q+2. The fourth-order valence-electron chi connectivity index (χ4n) is 2.43. The summed E-state index contributed by atoms with van der Waals surface area (Å²) < 4.78 is 6.75. The number of nitrogens with zero attached hydrogens (tertiary/aromatic N) is 3. The van der Waals surface area contributed by atoms with Gasteiger partial charge >= 0.3 is 7.12 Å². The second kappa shape index (κ2) is 5.44. The van der Waals surface area contributed by atoms with Crippen LogP contribution in [0.25, 0.3) is 0 Å². The molecule has 0 aliphatic heterocycles. The molecule has 3 aromatic heterocycles. The Morgan fingerprint density at radius 2 is 0.632 bits per heavy atom. The first kappa shape index (κ1) is 11.6. The lowest BCUT2D eigenvalue weighted by Gasteiger charge is -2.09. The Labute approximate surface area is 113 Å². The Kier molecular flexibility index (Phi) is 3.32. The Morgan fingerprint density at radius 3 is 0.895 bits per heavy atom. The van der Waals surface area contributed by atoms with Crippen LogP contribution in [0.15, 0.2) is 91.8 Å². The highest BCUT2D eigenvalue weighted by molar-refractivity contribution is 6.28. The lowest BCUT2D eigenvalue weighted by Crippen LogP contribution is -2.83. The van der Waals surface area contributed by atoms with Gasteiger partial charge in [0.1, 0.15) is 37.2 Å². The lowest BCUT2D eigenvalue weighted by molar-refractivity contribution is -0.793. The molecule has 0 radical (unpaired) electrons. The molecule has 0 fully saturated rings. The number of pyridine rings is 3. The first-order chi connectivity index (χ1) is 9.45. The van der Waals surface area contributed by atoms with Crippen molar-refractivity contribution < 1.29 is 13.4 Å². The van der Waals surface area contributed by atoms with Crippen LogP contribution in [0.4, 0.5) is 0 Å². The normalized spacial score (nSPS) is 10.6. The van der Waals surface area contributed by atoms with Crippen molar-refractivity contribution in [3.05, 3.63) is 91.8 Å². The molecule has 3 rings (SSSR count). The summed E-state index contributed by atoms with van der Waals surface area (Å²) >= 11 is 0. The highest BCUT2D eigenvalue weighted by Crippen LogP contribution is 1.82. The Hall–Kier alpha value is -2.49. The molecule has 4 heteroatoms. The maximum Gasteiger partial charge on any atom is 0.801 e. The molecule has 3 heterocycles. The number of aromatic nitrogens is 3. The van der Waals surface area contributed by atoms with Gasteiger partial charge in [0.15, 0.2) is 0 Å². The van der Waals surface area contributed by atoms with Gasteiger partial charge < -0.3 is 0 Å². The van der Waals surface area contributed by atoms with Gasteiger partial charge in [0, 0.05) is 0 Å². The van der Waals surface area contributed by atoms with Gasteiger partial charge in [-0.05, 0) is 36.4 Å². The summed E-state index contributed by atoms with van der Waals surface area (Å²) in [5.41, 5.74) is 0. The molecule has 0 atom stereocenters. The highest BCUT2D eigenvalue weighted by Gasteiger charge is 2.36. The quantitative estimate of drug-likeness (QED) is 0.588. The Balaban J connectivity index is 2.12. The zero-order chi connectivity index (χ0) is 12.9. The lowest BCUT2D eigenvalue weighted by atomic mass is 9.90. The molecule has 0 unspecified atom stereocenters. The SMILES string of the molecule is c1cc[n+]([BH-]([n+]2ccccc2)[n+]2ccccc2)cc1. The average molecular weight is 249 g/mol. The van der Waals surface area contributed by atoms with E-state index >= 15 is 0 Å². The molecule has 19 heavy (non-hydrogen) atoms. The van der Waals surface area contributed by atoms with E-state index in [-0.39, 0.29) is 0 Å². The van der Waals surface area contributed by atoms with Crippen molar-refractivity contribution in [2.75, 3.05) is 0 Å². The molecule has 0 bridgehead atoms. The van der Waals surface area contributed by atoms with E-state index in [1.807, 2.05) is 18.2 Å². The van der Waals surface area contributed by atoms with E-state index in [9.17, 15) is 0 Å². The first-order valence-corrected chi connectivity index (χ1v) is 6.50. The molecule has 3 aromatic rings. The van der Waals surface area contributed by atoms with Crippen molar-refractivity contribution in [2.24, 2.45) is 0 Å². The van der Waals surface area contributed by atoms with Gasteiger partial charge in [-0.25, -0.2) is 0 Å². The van der Waals surface area contributed by atoms with Crippen LogP contribution in [0.2, 0.25) is 0 Å². The summed E-state index contributed by atoms with van der Waals surface area (Å²) in [4.78, 5) is 0. The van der Waals surface area contributed by atoms with Crippen LogP contribution in [0.5, 0.6) is 0 Å². The van der Waals surface area contributed by atoms with Crippen molar-refractivity contribution >= 4 is 7.12 Å². The van der Waals surface area contributed by atoms with Crippen LogP contribution in [0.1, 0.15) is 0 Å². The minimum atomic E-state index is -0.912. The summed E-state index contributed by atoms with van der Waals surface area (Å²) in [6, 6.07) is 18.5. The largest absolute Gasteiger partial charge is 0.801 e. The van der Waals surface area contributed by atoms with E-state index < -0.39 is 7.12 Å². The molecule has 0 aromatic carbocycles. The molecule has 3 nitrogen and oxygen atoms in total. The number of hydrogen-bond donors (Lipinski definition) is 0. The van der Waals surface area contributed by atoms with E-state index in [0.717, 1.165) is 0 Å². The first-order valence-electron chi connectivity index (χ1n) is 6.50. The van der Waals surface area contributed by atoms with Crippen molar-refractivity contribution in [2.45, 2.75) is 0 Å². The Bertz CT molecular complexity index is 535. The molecular weight excluding hydrogens is 233 g/mol. The molecule has 0 amide bonds. The van der Waals surface area contributed by atoms with Crippen molar-refractivity contribution in [3.63, 3.8) is 0 Å². The third-order valence-corrected chi connectivity index (χ3v) is 3.31. The minimum Gasteiger partial charge on any atom is -0.290 e. The van der Waals surface area contributed by atoms with Crippen LogP contribution in [-0.2, 0) is 0 Å². The predicted octanol–water partition coefficient (Wildman–Crippen LogP) is 0.211. The van der Waals surface area contributed by atoms with Crippen LogP contribution in [-0.4, -0.2) is 7.12 Å². The summed E-state index contributed by atoms with van der Waals surface area (Å²) in [5, 5.41) is 0. The molecule has 0 aliphatic carbocycles. The van der Waals surface area contributed by atoms with Crippen LogP contribution < -0.4 is 13.4 Å². The van der Waals surface area contributed by atoms with Gasteiger partial charge in [0.05, 0.1) is 0 Å². The Morgan fingerprint density at radius 1 is 0.368 bits per heavy atom. The molecule has 0 aliphatic rings. The van der Waals surface area contributed by atoms with Crippen molar-refractivity contribution in [3.8, 4) is 0 Å². The second-order valence-corrected chi connectivity index (χ2v) is 4.59. The molecular formula is C15H16BN3+2. The molecule has 0 saturated heterocycles. The molecule has 0 N–H and O–H groups in total. The van der Waals surface area contributed by atoms with E-state index in [0.29, 0.717) is 0 Å². The highest BCUT2D eigenvalue weighted by atomic mass is 15.2. The van der Waals surface area contributed by atoms with Gasteiger partial charge in [0.25, 0.3) is 0 Å². The number of hydrogen-bond acceptors (Lipinski definition) is 0. The smallest absolute Gasteiger partial charge is 0.290 e. The third kappa shape index (κ3) is 2.52. The van der Waals surface area contributed by atoms with Crippen molar-refractivity contribution in [1.29, 1.82) is 0 Å². The second-order valence-electron chi connectivity index (χ2n) is 4.59. The van der Waals surface area contributed by atoms with E-state index in [1.165, 1.54) is 0 Å². The fraction of sp³-hybridized carbons (Fsp3) is 0. The molecule has 92 valence electrons. The van der Waals surface area contributed by atoms with Crippen LogP contribution >= 0.6 is 0 Å². The van der Waals surface area contributed by atoms with E-state index in [1.54, 1.807) is 0 Å². The van der Waals surface area contributed by atoms with Crippen LogP contribution in [0.3, 0.4) is 0 Å². The van der Waals surface area contributed by atoms with Gasteiger partial charge in [-0.3, -0.25) is 13.4 Å². The number of rotatable bonds is 3. The van der Waals surface area contributed by atoms with Gasteiger partial charge in [0.2, 0.25) is 0 Å². The van der Waals surface area contributed by atoms with Crippen LogP contribution in [0, 0.1) is 0 Å². The molecule has 0 spiro atoms. The summed E-state index contributed by atoms with van der Waals surface area (Å²) in [6.45, 7) is 0. The maximum absolute atomic E-state index is 2.25. The van der Waals surface area contributed by atoms with E-state index in [2.05, 4.69) is 87.0 Å². The van der Waals surface area contributed by atoms with Gasteiger partial charge in [-0.15, -0.1) is 0 Å². The zero-order valence-corrected chi connectivity index (χ0v) is 10.7. The summed E-state index contributed by atoms with van der Waals surface area (Å²) in [6.07, 6.45) is 12.7. The van der Waals surface area contributed by atoms with Gasteiger partial charge in [-0.1, -0.05) is 18.2 Å². The summed E-state index contributed by atoms with van der Waals surface area (Å²) in [5.74, 6) is 0. The predicted molar refractivity (Wildman–Crippen MR) is 73.3 cm³/mol. The van der Waals surface area contributed by atoms with Crippen molar-refractivity contribution in [1.82, 2.24) is 0 Å². The van der Waals surface area contributed by atoms with E-state index in [4.69, 9.17) is 0 Å². The fourth-order valence-corrected chi connectivity index (χ4v) is 2.43. The molecule has 0 saturated carbocycles. The monoisotopic (exact) mass is 249 g/mol. The van der Waals surface area contributed by atoms with Gasteiger partial charge in [-0.2, -0.15) is 0 Å². The average Bonchev–Trinajstić information content (AvgIpc) is 2.51. The minimum absolute atomic E-state index is 0.912.